The molecule has 0 aliphatic carbocycles. The number of amides is 1. The van der Waals surface area contributed by atoms with Gasteiger partial charge in [0.1, 0.15) is 0 Å². The lowest BCUT2D eigenvalue weighted by Gasteiger charge is -2.16. The van der Waals surface area contributed by atoms with Crippen molar-refractivity contribution in [3.8, 4) is 11.3 Å². The molecule has 0 aliphatic heterocycles. The SMILES string of the molecule is COC(=O)c1cc(NC(=O)c2c(C)c(-c3ccc(C)cc3)nc3ccccc23)cc(C(=O)OC)c1. The molecule has 1 N–H and O–H groups in total. The van der Waals surface area contributed by atoms with Crippen LogP contribution in [-0.2, 0) is 9.47 Å². The van der Waals surface area contributed by atoms with Gasteiger partial charge in [0.15, 0.2) is 0 Å². The second-order valence-corrected chi connectivity index (χ2v) is 8.08. The maximum absolute atomic E-state index is 13.6. The normalized spacial score (nSPS) is 10.6. The number of aryl methyl sites for hydroxylation is 1. The molecule has 4 rings (SSSR count). The maximum atomic E-state index is 13.6. The lowest BCUT2D eigenvalue weighted by Crippen LogP contribution is -2.16. The zero-order valence-electron chi connectivity index (χ0n) is 19.8. The highest BCUT2D eigenvalue weighted by molar-refractivity contribution is 6.15. The molecule has 0 saturated carbocycles. The van der Waals surface area contributed by atoms with Gasteiger partial charge < -0.3 is 14.8 Å². The fourth-order valence-corrected chi connectivity index (χ4v) is 3.96. The van der Waals surface area contributed by atoms with Crippen LogP contribution in [0.1, 0.15) is 42.2 Å². The zero-order chi connectivity index (χ0) is 25.1. The Morgan fingerprint density at radius 3 is 2.00 bits per heavy atom. The van der Waals surface area contributed by atoms with Gasteiger partial charge in [-0.2, -0.15) is 0 Å². The molecule has 176 valence electrons. The summed E-state index contributed by atoms with van der Waals surface area (Å²) in [5, 5.41) is 3.53. The summed E-state index contributed by atoms with van der Waals surface area (Å²) in [5.41, 5.74) is 5.05. The van der Waals surface area contributed by atoms with Crippen molar-refractivity contribution in [3.05, 3.63) is 94.5 Å². The predicted molar refractivity (Wildman–Crippen MR) is 134 cm³/mol. The van der Waals surface area contributed by atoms with E-state index in [0.717, 1.165) is 11.1 Å². The quantitative estimate of drug-likeness (QED) is 0.397. The molecule has 0 bridgehead atoms. The number of hydrogen-bond donors (Lipinski definition) is 1. The standard InChI is InChI=1S/C28H24N2O5/c1-16-9-11-18(12-10-16)25-17(2)24(22-7-5-6-8-23(22)30-25)26(31)29-21-14-19(27(32)34-3)13-20(15-21)28(33)35-4/h5-15H,1-4H3,(H,29,31). The Morgan fingerprint density at radius 1 is 0.800 bits per heavy atom. The molecule has 1 heterocycles. The summed E-state index contributed by atoms with van der Waals surface area (Å²) in [4.78, 5) is 42.7. The third-order valence-electron chi connectivity index (χ3n) is 5.72. The van der Waals surface area contributed by atoms with Crippen LogP contribution in [0.25, 0.3) is 22.2 Å². The predicted octanol–water partition coefficient (Wildman–Crippen LogP) is 5.34. The van der Waals surface area contributed by atoms with Gasteiger partial charge in [0, 0.05) is 16.6 Å². The minimum atomic E-state index is -0.640. The molecule has 0 aliphatic rings. The molecular formula is C28H24N2O5. The molecule has 0 unspecified atom stereocenters. The summed E-state index contributed by atoms with van der Waals surface area (Å²) in [7, 11) is 2.48. The van der Waals surface area contributed by atoms with Crippen molar-refractivity contribution in [2.45, 2.75) is 13.8 Å². The Bertz CT molecular complexity index is 1420. The maximum Gasteiger partial charge on any atom is 0.337 e. The molecule has 0 atom stereocenters. The van der Waals surface area contributed by atoms with E-state index < -0.39 is 17.8 Å². The van der Waals surface area contributed by atoms with E-state index in [1.54, 1.807) is 0 Å². The van der Waals surface area contributed by atoms with Crippen LogP contribution < -0.4 is 5.32 Å². The number of aromatic nitrogens is 1. The molecule has 4 aromatic rings. The number of rotatable bonds is 5. The number of fused-ring (bicyclic) bond motifs is 1. The first-order chi connectivity index (χ1) is 16.8. The second kappa shape index (κ2) is 9.77. The molecule has 3 aromatic carbocycles. The first-order valence-electron chi connectivity index (χ1n) is 10.9. The van der Waals surface area contributed by atoms with Crippen LogP contribution in [0.2, 0.25) is 0 Å². The van der Waals surface area contributed by atoms with Crippen LogP contribution in [0.5, 0.6) is 0 Å². The van der Waals surface area contributed by atoms with Crippen molar-refractivity contribution in [2.24, 2.45) is 0 Å². The highest BCUT2D eigenvalue weighted by atomic mass is 16.5. The van der Waals surface area contributed by atoms with Crippen molar-refractivity contribution >= 4 is 34.4 Å². The van der Waals surface area contributed by atoms with Crippen LogP contribution in [0.4, 0.5) is 5.69 Å². The number of nitrogens with one attached hydrogen (secondary N) is 1. The molecule has 0 spiro atoms. The minimum Gasteiger partial charge on any atom is -0.465 e. The fourth-order valence-electron chi connectivity index (χ4n) is 3.96. The van der Waals surface area contributed by atoms with E-state index >= 15 is 0 Å². The van der Waals surface area contributed by atoms with Gasteiger partial charge in [-0.1, -0.05) is 48.0 Å². The van der Waals surface area contributed by atoms with Gasteiger partial charge in [0.2, 0.25) is 0 Å². The highest BCUT2D eigenvalue weighted by Gasteiger charge is 2.21. The summed E-state index contributed by atoms with van der Waals surface area (Å²) in [6.45, 7) is 3.86. The Labute approximate surface area is 202 Å². The lowest BCUT2D eigenvalue weighted by molar-refractivity contribution is 0.0599. The number of carbonyl (C=O) groups is 3. The smallest absolute Gasteiger partial charge is 0.337 e. The number of pyridine rings is 1. The molecular weight excluding hydrogens is 444 g/mol. The number of benzene rings is 3. The number of nitrogens with zero attached hydrogens (tertiary/aromatic N) is 1. The van der Waals surface area contributed by atoms with Crippen LogP contribution in [-0.4, -0.2) is 37.0 Å². The van der Waals surface area contributed by atoms with Crippen molar-refractivity contribution < 1.29 is 23.9 Å². The minimum absolute atomic E-state index is 0.113. The van der Waals surface area contributed by atoms with E-state index in [1.807, 2.05) is 62.4 Å². The third kappa shape index (κ3) is 4.75. The highest BCUT2D eigenvalue weighted by Crippen LogP contribution is 2.30. The molecule has 0 fully saturated rings. The topological polar surface area (TPSA) is 94.6 Å². The number of esters is 2. The average Bonchev–Trinajstić information content (AvgIpc) is 2.87. The summed E-state index contributed by atoms with van der Waals surface area (Å²) in [6, 6.07) is 19.6. The van der Waals surface area contributed by atoms with E-state index in [9.17, 15) is 14.4 Å². The first-order valence-corrected chi connectivity index (χ1v) is 10.9. The second-order valence-electron chi connectivity index (χ2n) is 8.08. The molecule has 7 nitrogen and oxygen atoms in total. The number of para-hydroxylation sites is 1. The van der Waals surface area contributed by atoms with Crippen molar-refractivity contribution in [3.63, 3.8) is 0 Å². The van der Waals surface area contributed by atoms with E-state index in [2.05, 4.69) is 5.32 Å². The number of ether oxygens (including phenoxy) is 2. The fraction of sp³-hybridized carbons (Fsp3) is 0.143. The molecule has 0 radical (unpaired) electrons. The van der Waals surface area contributed by atoms with Crippen LogP contribution >= 0.6 is 0 Å². The van der Waals surface area contributed by atoms with Gasteiger partial charge in [-0.05, 0) is 43.7 Å². The Morgan fingerprint density at radius 2 is 1.40 bits per heavy atom. The van der Waals surface area contributed by atoms with Crippen LogP contribution in [0.3, 0.4) is 0 Å². The van der Waals surface area contributed by atoms with Gasteiger partial charge in [-0.15, -0.1) is 0 Å². The van der Waals surface area contributed by atoms with E-state index in [-0.39, 0.29) is 16.8 Å². The molecule has 35 heavy (non-hydrogen) atoms. The molecule has 7 heteroatoms. The Hall–Kier alpha value is -4.52. The third-order valence-corrected chi connectivity index (χ3v) is 5.72. The van der Waals surface area contributed by atoms with Crippen molar-refractivity contribution in [2.75, 3.05) is 19.5 Å². The number of methoxy groups -OCH3 is 2. The Kier molecular flexibility index (Phi) is 6.59. The number of anilines is 1. The average molecular weight is 469 g/mol. The van der Waals surface area contributed by atoms with Crippen molar-refractivity contribution in [1.29, 1.82) is 0 Å². The van der Waals surface area contributed by atoms with Gasteiger partial charge in [0.25, 0.3) is 5.91 Å². The number of hydrogen-bond acceptors (Lipinski definition) is 6. The van der Waals surface area contributed by atoms with Crippen LogP contribution in [0, 0.1) is 13.8 Å². The summed E-state index contributed by atoms with van der Waals surface area (Å²) < 4.78 is 9.57. The Balaban J connectivity index is 1.83. The molecule has 1 aromatic heterocycles. The van der Waals surface area contributed by atoms with Crippen LogP contribution in [0.15, 0.2) is 66.7 Å². The van der Waals surface area contributed by atoms with Gasteiger partial charge in [0.05, 0.1) is 42.1 Å². The number of carbonyl (C=O) groups excluding carboxylic acids is 3. The summed E-state index contributed by atoms with van der Waals surface area (Å²) in [6.07, 6.45) is 0. The lowest BCUT2D eigenvalue weighted by atomic mass is 9.96. The van der Waals surface area contributed by atoms with Gasteiger partial charge in [-0.3, -0.25) is 4.79 Å². The van der Waals surface area contributed by atoms with Gasteiger partial charge in [-0.25, -0.2) is 14.6 Å². The van der Waals surface area contributed by atoms with E-state index in [1.165, 1.54) is 32.4 Å². The van der Waals surface area contributed by atoms with Crippen molar-refractivity contribution in [1.82, 2.24) is 4.98 Å². The van der Waals surface area contributed by atoms with E-state index in [0.29, 0.717) is 27.7 Å². The van der Waals surface area contributed by atoms with E-state index in [4.69, 9.17) is 14.5 Å². The summed E-state index contributed by atoms with van der Waals surface area (Å²) >= 11 is 0. The first kappa shape index (κ1) is 23.6. The monoisotopic (exact) mass is 468 g/mol. The molecule has 1 amide bonds. The summed E-state index contributed by atoms with van der Waals surface area (Å²) in [5.74, 6) is -1.68. The largest absolute Gasteiger partial charge is 0.465 e. The molecule has 0 saturated heterocycles. The zero-order valence-corrected chi connectivity index (χ0v) is 19.8. The van der Waals surface area contributed by atoms with Gasteiger partial charge >= 0.3 is 11.9 Å².